The fourth-order valence-corrected chi connectivity index (χ4v) is 7.83. The third kappa shape index (κ3) is 16.4. The number of nitrogens with one attached hydrogen (secondary N) is 2. The van der Waals surface area contributed by atoms with E-state index >= 15 is 0 Å². The van der Waals surface area contributed by atoms with Crippen LogP contribution in [0.4, 0.5) is 5.69 Å². The normalized spacial score (nSPS) is 19.6. The number of carbonyl (C=O) groups excluding carboxylic acids is 8. The van der Waals surface area contributed by atoms with Crippen LogP contribution < -0.4 is 15.4 Å². The van der Waals surface area contributed by atoms with Crippen molar-refractivity contribution in [2.75, 3.05) is 38.1 Å². The zero-order chi connectivity index (χ0) is 49.4. The van der Waals surface area contributed by atoms with Crippen LogP contribution >= 0.6 is 0 Å². The number of unbranched alkanes of at least 4 members (excludes halogenated alkanes) is 1. The van der Waals surface area contributed by atoms with E-state index in [1.54, 1.807) is 55.7 Å². The van der Waals surface area contributed by atoms with Crippen molar-refractivity contribution in [1.82, 2.24) is 20.1 Å². The maximum atomic E-state index is 13.5. The number of piperidine rings is 1. The standard InChI is InChI=1S/C47H54BN5O12.CO2.CH4.U/c1-29-21-33(23-35(44(29)65-46-43(61)42(60)36(54)28-64-46)51-26-37(55)47(2,48)53-39(57)13-14-40(53)58)27-63-41(59)24-32-8-5-10-34(22-32)45(62)52-19-15-30(16-20-52)7-3-4-18-50-38(56)12-11-31-9-6-17-49-25-31;2-1-3;;/h5-6,8-14,17,21-23,25,30,36,42-43,46,51,54,60-61H,3-4,7,15-16,18-20,24,26-28H2,1-2H3,(H,50,56);;1H4;/b12-11+;;;/t36?,42-,43-,46?,47?;;;/m0.../s1. The van der Waals surface area contributed by atoms with E-state index in [-0.39, 0.29) is 87.6 Å². The molecule has 70 heavy (non-hydrogen) atoms. The number of aryl methyl sites for hydroxylation is 1. The molecular weight excluding hydrogens is 1130 g/mol. The summed E-state index contributed by atoms with van der Waals surface area (Å²) in [7, 11) is 6.19. The van der Waals surface area contributed by atoms with E-state index in [0.717, 1.165) is 49.8 Å². The van der Waals surface area contributed by atoms with E-state index in [2.05, 4.69) is 15.6 Å². The second-order valence-electron chi connectivity index (χ2n) is 16.7. The number of anilines is 1. The zero-order valence-corrected chi connectivity index (χ0v) is 42.4. The number of esters is 1. The quantitative estimate of drug-likeness (QED) is 0.0379. The number of Topliss-reactive ketones (excluding diaryl/α,β-unsaturated/α-hetero) is 1. The van der Waals surface area contributed by atoms with E-state index in [9.17, 15) is 44.1 Å². The summed E-state index contributed by atoms with van der Waals surface area (Å²) < 4.78 is 17.0. The van der Waals surface area contributed by atoms with Crippen molar-refractivity contribution >= 4 is 61.1 Å². The molecule has 0 aliphatic carbocycles. The monoisotopic (exact) mass is 1190 g/mol. The average molecular weight is 1190 g/mol. The van der Waals surface area contributed by atoms with Gasteiger partial charge in [-0.3, -0.25) is 38.7 Å². The molecule has 19 nitrogen and oxygen atoms in total. The second-order valence-corrected chi connectivity index (χ2v) is 16.7. The Kier molecular flexibility index (Phi) is 23.6. The van der Waals surface area contributed by atoms with Gasteiger partial charge in [-0.25, -0.2) is 0 Å². The van der Waals surface area contributed by atoms with Gasteiger partial charge in [0.15, 0.2) is 5.78 Å². The number of rotatable bonds is 19. The summed E-state index contributed by atoms with van der Waals surface area (Å²) in [5.74, 6) is -2.48. The summed E-state index contributed by atoms with van der Waals surface area (Å²) >= 11 is 0. The predicted octanol–water partition coefficient (Wildman–Crippen LogP) is 2.19. The molecule has 1 aromatic heterocycles. The Hall–Kier alpha value is -5.77. The maximum Gasteiger partial charge on any atom is 0.373 e. The number of hydrogen-bond acceptors (Lipinski definition) is 16. The Labute approximate surface area is 431 Å². The van der Waals surface area contributed by atoms with E-state index in [0.29, 0.717) is 52.7 Å². The summed E-state index contributed by atoms with van der Waals surface area (Å²) in [5.41, 5.74) is 0.969. The molecular formula is C49H58BN5O14U. The van der Waals surface area contributed by atoms with Gasteiger partial charge >= 0.3 is 12.1 Å². The largest absolute Gasteiger partial charge is 0.461 e. The van der Waals surface area contributed by atoms with Gasteiger partial charge in [-0.1, -0.05) is 38.5 Å². The molecule has 0 spiro atoms. The number of hydrogen-bond donors (Lipinski definition) is 5. The first-order valence-corrected chi connectivity index (χ1v) is 22.0. The third-order valence-electron chi connectivity index (χ3n) is 11.6. The van der Waals surface area contributed by atoms with Gasteiger partial charge in [-0.15, -0.1) is 0 Å². The van der Waals surface area contributed by atoms with Gasteiger partial charge in [0.05, 0.1) is 30.7 Å². The van der Waals surface area contributed by atoms with Crippen molar-refractivity contribution in [1.29, 1.82) is 0 Å². The van der Waals surface area contributed by atoms with E-state index in [1.165, 1.54) is 19.1 Å². The number of nitrogens with zero attached hydrogens (tertiary/aromatic N) is 3. The minimum absolute atomic E-state index is 0. The Morgan fingerprint density at radius 3 is 2.36 bits per heavy atom. The molecule has 0 saturated carbocycles. The first-order valence-electron chi connectivity index (χ1n) is 22.0. The van der Waals surface area contributed by atoms with E-state index in [4.69, 9.17) is 31.6 Å². The minimum atomic E-state index is -2.01. The van der Waals surface area contributed by atoms with Gasteiger partial charge in [0.25, 0.3) is 17.7 Å². The summed E-state index contributed by atoms with van der Waals surface area (Å²) in [6.45, 7) is 3.68. The van der Waals surface area contributed by atoms with Crippen molar-refractivity contribution < 1.29 is 99.0 Å². The van der Waals surface area contributed by atoms with Crippen molar-refractivity contribution in [2.24, 2.45) is 5.92 Å². The molecule has 370 valence electrons. The van der Waals surface area contributed by atoms with Gasteiger partial charge in [-0.05, 0) is 97.7 Å². The number of aliphatic hydroxyl groups excluding tert-OH is 3. The predicted molar refractivity (Wildman–Crippen MR) is 249 cm³/mol. The maximum absolute atomic E-state index is 13.5. The van der Waals surface area contributed by atoms with Gasteiger partial charge in [0, 0.05) is 86.9 Å². The van der Waals surface area contributed by atoms with Crippen LogP contribution in [0.2, 0.25) is 0 Å². The number of likely N-dealkylation sites (tertiary alicyclic amines) is 1. The van der Waals surface area contributed by atoms with Crippen LogP contribution in [0, 0.1) is 44.0 Å². The van der Waals surface area contributed by atoms with Gasteiger partial charge in [0.1, 0.15) is 38.5 Å². The molecule has 2 radical (unpaired) electrons. The Morgan fingerprint density at radius 2 is 1.69 bits per heavy atom. The van der Waals surface area contributed by atoms with E-state index in [1.807, 2.05) is 17.0 Å². The number of aliphatic hydroxyl groups is 3. The first-order chi connectivity index (χ1) is 32.5. The second kappa shape index (κ2) is 28.2. The summed E-state index contributed by atoms with van der Waals surface area (Å²) in [6.07, 6.45) is 7.42. The van der Waals surface area contributed by atoms with Crippen LogP contribution in [0.5, 0.6) is 5.75 Å². The SMILES string of the molecule is C.O=C=O.[B]C(C)(C(=O)CNc1cc(COC(=O)Cc2cccc(C(=O)N3CCC(CCCCNC(=O)/C=C/c4cccnc4)CC3)c2)cc(C)c1OC1OCC(O)[C@H](O)[C@@H]1O)N1C(=O)C=CC1=O.[U]. The number of benzene rings is 2. The van der Waals surface area contributed by atoms with Crippen LogP contribution in [0.15, 0.2) is 79.2 Å². The number of carbonyl (C=O) groups is 6. The van der Waals surface area contributed by atoms with Crippen molar-refractivity contribution in [2.45, 2.75) is 96.4 Å². The molecule has 2 saturated heterocycles. The molecule has 2 aromatic carbocycles. The number of imide groups is 1. The molecule has 4 amide bonds. The van der Waals surface area contributed by atoms with Crippen molar-refractivity contribution in [3.8, 4) is 5.75 Å². The third-order valence-corrected chi connectivity index (χ3v) is 11.6. The Morgan fingerprint density at radius 1 is 0.986 bits per heavy atom. The number of pyridine rings is 1. The number of ether oxygens (including phenoxy) is 3. The smallest absolute Gasteiger partial charge is 0.373 e. The van der Waals surface area contributed by atoms with Gasteiger partial charge < -0.3 is 45.1 Å². The van der Waals surface area contributed by atoms with Crippen LogP contribution in [-0.2, 0) is 56.1 Å². The molecule has 0 bridgehead atoms. The molecule has 3 aliphatic heterocycles. The molecule has 2 fully saturated rings. The van der Waals surface area contributed by atoms with Crippen LogP contribution in [0.3, 0.4) is 0 Å². The number of amides is 4. The number of aromatic nitrogens is 1. The minimum Gasteiger partial charge on any atom is -0.461 e. The van der Waals surface area contributed by atoms with Crippen molar-refractivity contribution in [3.05, 3.63) is 107 Å². The molecule has 3 aromatic rings. The zero-order valence-electron chi connectivity index (χ0n) is 38.2. The first kappa shape index (κ1) is 58.5. The summed E-state index contributed by atoms with van der Waals surface area (Å²) in [5, 5.41) is 36.5. The fraction of sp³-hybridized carbons (Fsp3) is 0.429. The number of ketones is 1. The fourth-order valence-electron chi connectivity index (χ4n) is 7.83. The van der Waals surface area contributed by atoms with Crippen LogP contribution in [0.25, 0.3) is 6.08 Å². The molecule has 3 unspecified atom stereocenters. The molecule has 21 heteroatoms. The average Bonchev–Trinajstić information content (AvgIpc) is 3.68. The molecule has 3 aliphatic rings. The Balaban J connectivity index is 0.00000253. The van der Waals surface area contributed by atoms with Crippen molar-refractivity contribution in [3.63, 3.8) is 0 Å². The topological polar surface area (TPSA) is 268 Å². The van der Waals surface area contributed by atoms with Gasteiger partial charge in [0.2, 0.25) is 12.2 Å². The Bertz CT molecular complexity index is 2370. The molecule has 4 heterocycles. The summed E-state index contributed by atoms with van der Waals surface area (Å²) in [4.78, 5) is 99.5. The summed E-state index contributed by atoms with van der Waals surface area (Å²) in [6, 6.07) is 13.7. The van der Waals surface area contributed by atoms with Gasteiger partial charge in [-0.2, -0.15) is 9.59 Å². The van der Waals surface area contributed by atoms with E-state index < -0.39 is 60.2 Å². The molecule has 5 atom stereocenters. The van der Waals surface area contributed by atoms with Crippen LogP contribution in [-0.4, -0.2) is 142 Å². The van der Waals surface area contributed by atoms with Crippen LogP contribution in [0.1, 0.15) is 79.1 Å². The molecule has 6 rings (SSSR count). The molecule has 5 N–H and O–H groups in total.